The minimum Gasteiger partial charge on any atom is -0.507 e. The molecule has 0 spiro atoms. The number of carbonyl (C=O) groups is 5. The molecule has 70 heavy (non-hydrogen) atoms. The Morgan fingerprint density at radius 1 is 0.943 bits per heavy atom. The molecule has 3 amide bonds. The first-order chi connectivity index (χ1) is 32.9. The average Bonchev–Trinajstić information content (AvgIpc) is 4.01. The van der Waals surface area contributed by atoms with Gasteiger partial charge in [0.1, 0.15) is 23.4 Å². The van der Waals surface area contributed by atoms with Gasteiger partial charge in [-0.2, -0.15) is 0 Å². The highest BCUT2D eigenvalue weighted by atomic mass is 32.2. The summed E-state index contributed by atoms with van der Waals surface area (Å²) in [6.07, 6.45) is 9.26. The first-order valence-corrected chi connectivity index (χ1v) is 25.0. The summed E-state index contributed by atoms with van der Waals surface area (Å²) in [6, 6.07) is 22.9. The van der Waals surface area contributed by atoms with E-state index in [4.69, 9.17) is 9.47 Å². The summed E-state index contributed by atoms with van der Waals surface area (Å²) in [4.78, 5) is 56.7. The standard InChI is InChI=1S/C18H18O2.C12H13NO3S.C12H23NO3.C7H14N2O.C4H6O.C2H6/c1-13(15-7-5-4-6-8-15)12-18(19)17-10-9-16(20-3)11-14(17)2;1-2-9-8-11(9)12(14)13-17(15,16)10-6-4-3-5-7-10;1-9(2)6-7-10(8-14)13-11(15)16-12(3,4)5;1-8-7(10)6-4-3-5-9(6)2;1-3-4(2)5;1-2/h4-12,19H,1H2,2-3H3;2-7,9,11H,1,8H2,(H,13,14);8-10H,6-7H2,1-5H3,(H,13,15);6H,3-5H2,1-2H3,(H,8,10);3H,1H2,2H3;1-2H3/b18-12+;;;;;. The zero-order chi connectivity index (χ0) is 53.6. The van der Waals surface area contributed by atoms with Crippen molar-refractivity contribution in [2.75, 3.05) is 27.7 Å². The molecule has 0 radical (unpaired) electrons. The van der Waals surface area contributed by atoms with E-state index in [-0.39, 0.29) is 40.2 Å². The SMILES string of the molecule is C=C(/C=C(/O)c1ccc(OC)cc1C)c1ccccc1.C=CC(C)=O.C=CC1CC1C(=O)NS(=O)(=O)c1ccccc1.CC.CC(C)CCC(C=O)NC(=O)OC(C)(C)C.CNC(=O)C1CCCN1C. The van der Waals surface area contributed by atoms with Gasteiger partial charge in [0.05, 0.1) is 24.1 Å². The topological polar surface area (TPSA) is 198 Å². The number of rotatable bonds is 15. The van der Waals surface area contributed by atoms with Crippen LogP contribution in [-0.2, 0) is 33.9 Å². The van der Waals surface area contributed by atoms with Crippen molar-refractivity contribution in [2.45, 2.75) is 117 Å². The van der Waals surface area contributed by atoms with Crippen LogP contribution in [0.15, 0.2) is 122 Å². The molecule has 4 unspecified atom stereocenters. The van der Waals surface area contributed by atoms with E-state index in [2.05, 4.69) is 53.8 Å². The number of nitrogens with zero attached hydrogens (tertiary/aromatic N) is 1. The summed E-state index contributed by atoms with van der Waals surface area (Å²) in [5, 5.41) is 15.5. The molecule has 1 aliphatic carbocycles. The second-order valence-corrected chi connectivity index (χ2v) is 19.2. The highest BCUT2D eigenvalue weighted by Crippen LogP contribution is 2.39. The molecule has 0 bridgehead atoms. The molecular formula is C55H80N4O10S. The first-order valence-electron chi connectivity index (χ1n) is 23.5. The molecule has 14 nitrogen and oxygen atoms in total. The third kappa shape index (κ3) is 25.9. The average molecular weight is 989 g/mol. The molecule has 15 heteroatoms. The summed E-state index contributed by atoms with van der Waals surface area (Å²) in [5.41, 5.74) is 2.97. The smallest absolute Gasteiger partial charge is 0.408 e. The molecule has 5 rings (SSSR count). The molecule has 2 fully saturated rings. The highest BCUT2D eigenvalue weighted by Gasteiger charge is 2.42. The minimum atomic E-state index is -3.73. The molecule has 3 aromatic rings. The van der Waals surface area contributed by atoms with E-state index < -0.39 is 33.7 Å². The first kappa shape index (κ1) is 63.7. The van der Waals surface area contributed by atoms with Crippen molar-refractivity contribution < 1.29 is 47.0 Å². The Morgan fingerprint density at radius 2 is 1.51 bits per heavy atom. The number of carbonyl (C=O) groups excluding carboxylic acids is 5. The number of likely N-dealkylation sites (tertiary alicyclic amines) is 1. The van der Waals surface area contributed by atoms with Crippen molar-refractivity contribution in [1.29, 1.82) is 0 Å². The molecule has 1 aliphatic heterocycles. The third-order valence-electron chi connectivity index (χ3n) is 10.2. The van der Waals surface area contributed by atoms with Crippen molar-refractivity contribution in [3.8, 4) is 5.75 Å². The van der Waals surface area contributed by atoms with Gasteiger partial charge < -0.3 is 30.0 Å². The number of allylic oxidation sites excluding steroid dienone is 4. The van der Waals surface area contributed by atoms with Crippen LogP contribution in [-0.4, -0.2) is 93.8 Å². The Hall–Kier alpha value is -6.32. The van der Waals surface area contributed by atoms with Crippen LogP contribution in [0.4, 0.5) is 4.79 Å². The van der Waals surface area contributed by atoms with E-state index in [1.807, 2.05) is 76.3 Å². The van der Waals surface area contributed by atoms with Crippen molar-refractivity contribution >= 4 is 51.3 Å². The number of aldehydes is 1. The molecule has 4 atom stereocenters. The minimum absolute atomic E-state index is 0.0185. The van der Waals surface area contributed by atoms with Crippen LogP contribution in [0.3, 0.4) is 0 Å². The van der Waals surface area contributed by atoms with Crippen LogP contribution in [0.5, 0.6) is 5.75 Å². The molecule has 386 valence electrons. The van der Waals surface area contributed by atoms with Crippen LogP contribution in [0.2, 0.25) is 0 Å². The molecule has 2 aliphatic rings. The Morgan fingerprint density at radius 3 is 1.94 bits per heavy atom. The number of sulfonamides is 1. The summed E-state index contributed by atoms with van der Waals surface area (Å²) in [5.74, 6) is 1.10. The molecule has 0 aromatic heterocycles. The Labute approximate surface area is 418 Å². The Balaban J connectivity index is 0.000000883. The van der Waals surface area contributed by atoms with Crippen molar-refractivity contribution in [3.63, 3.8) is 0 Å². The molecule has 3 aromatic carbocycles. The lowest BCUT2D eigenvalue weighted by Gasteiger charge is -2.21. The van der Waals surface area contributed by atoms with E-state index in [1.54, 1.807) is 65.3 Å². The maximum atomic E-state index is 11.8. The van der Waals surface area contributed by atoms with Gasteiger partial charge in [0, 0.05) is 18.5 Å². The maximum absolute atomic E-state index is 11.8. The maximum Gasteiger partial charge on any atom is 0.408 e. The van der Waals surface area contributed by atoms with Gasteiger partial charge in [-0.1, -0.05) is 95.5 Å². The van der Waals surface area contributed by atoms with Crippen LogP contribution in [0.25, 0.3) is 11.3 Å². The summed E-state index contributed by atoms with van der Waals surface area (Å²) in [7, 11) is 1.58. The lowest BCUT2D eigenvalue weighted by molar-refractivity contribution is -0.124. The van der Waals surface area contributed by atoms with Gasteiger partial charge in [0.2, 0.25) is 11.8 Å². The molecule has 1 heterocycles. The van der Waals surface area contributed by atoms with Crippen LogP contribution in [0, 0.1) is 24.7 Å². The predicted molar refractivity (Wildman–Crippen MR) is 283 cm³/mol. The number of benzene rings is 3. The van der Waals surface area contributed by atoms with E-state index in [1.165, 1.54) is 25.1 Å². The monoisotopic (exact) mass is 989 g/mol. The number of aliphatic hydroxyl groups excluding tert-OH is 1. The van der Waals surface area contributed by atoms with E-state index in [9.17, 15) is 37.5 Å². The number of amides is 3. The van der Waals surface area contributed by atoms with Crippen LogP contribution in [0.1, 0.15) is 104 Å². The largest absolute Gasteiger partial charge is 0.507 e. The highest BCUT2D eigenvalue weighted by molar-refractivity contribution is 7.90. The van der Waals surface area contributed by atoms with Gasteiger partial charge in [-0.3, -0.25) is 19.3 Å². The zero-order valence-corrected chi connectivity index (χ0v) is 44.4. The predicted octanol–water partition coefficient (Wildman–Crippen LogP) is 10.1. The number of ketones is 1. The fourth-order valence-corrected chi connectivity index (χ4v) is 7.28. The van der Waals surface area contributed by atoms with Crippen LogP contribution < -0.4 is 20.1 Å². The van der Waals surface area contributed by atoms with Gasteiger partial charge >= 0.3 is 6.09 Å². The zero-order valence-electron chi connectivity index (χ0n) is 43.5. The van der Waals surface area contributed by atoms with Crippen molar-refractivity contribution in [2.24, 2.45) is 17.8 Å². The van der Waals surface area contributed by atoms with Gasteiger partial charge in [-0.15, -0.1) is 6.58 Å². The van der Waals surface area contributed by atoms with E-state index in [0.29, 0.717) is 18.8 Å². The van der Waals surface area contributed by atoms with E-state index in [0.717, 1.165) is 60.1 Å². The Kier molecular flexibility index (Phi) is 30.3. The molecule has 1 saturated carbocycles. The number of methoxy groups -OCH3 is 1. The van der Waals surface area contributed by atoms with Crippen molar-refractivity contribution in [1.82, 2.24) is 20.3 Å². The number of nitrogens with one attached hydrogen (secondary N) is 3. The van der Waals surface area contributed by atoms with Gasteiger partial charge in [0.25, 0.3) is 10.0 Å². The summed E-state index contributed by atoms with van der Waals surface area (Å²) in [6.45, 7) is 28.8. The number of hydrogen-bond donors (Lipinski definition) is 4. The van der Waals surface area contributed by atoms with Crippen LogP contribution >= 0.6 is 0 Å². The number of alkyl carbamates (subject to hydrolysis) is 1. The lowest BCUT2D eigenvalue weighted by Crippen LogP contribution is -2.40. The third-order valence-corrected chi connectivity index (χ3v) is 11.6. The van der Waals surface area contributed by atoms with E-state index >= 15 is 0 Å². The molecule has 4 N–H and O–H groups in total. The van der Waals surface area contributed by atoms with Gasteiger partial charge in [-0.05, 0) is 151 Å². The van der Waals surface area contributed by atoms with Gasteiger partial charge in [-0.25, -0.2) is 17.9 Å². The normalized spacial score (nSPS) is 16.2. The summed E-state index contributed by atoms with van der Waals surface area (Å²) >= 11 is 0. The number of likely N-dealkylation sites (N-methyl/N-ethyl adjacent to an activating group) is 2. The number of aliphatic hydroxyl groups is 1. The number of hydrogen-bond acceptors (Lipinski definition) is 11. The fraction of sp³-hybridized carbons (Fsp3) is 0.436. The van der Waals surface area contributed by atoms with Crippen molar-refractivity contribution in [3.05, 3.63) is 134 Å². The molecular weight excluding hydrogens is 909 g/mol. The Bertz CT molecular complexity index is 2260. The molecule has 1 saturated heterocycles. The quantitative estimate of drug-likeness (QED) is 0.0372. The number of aryl methyl sites for hydroxylation is 1. The lowest BCUT2D eigenvalue weighted by atomic mass is 10.0. The fourth-order valence-electron chi connectivity index (χ4n) is 6.23. The summed E-state index contributed by atoms with van der Waals surface area (Å²) < 4.78 is 35.9. The second kappa shape index (κ2) is 33.3. The van der Waals surface area contributed by atoms with Gasteiger partial charge in [0.15, 0.2) is 5.78 Å². The number of ether oxygens (including phenoxy) is 2. The second-order valence-electron chi connectivity index (χ2n) is 17.6.